The van der Waals surface area contributed by atoms with Gasteiger partial charge in [-0.15, -0.1) is 0 Å². The van der Waals surface area contributed by atoms with Crippen LogP contribution in [0.1, 0.15) is 43.1 Å². The first-order valence-corrected chi connectivity index (χ1v) is 8.76. The fourth-order valence-corrected chi connectivity index (χ4v) is 3.23. The molecule has 2 aromatic rings. The Morgan fingerprint density at radius 1 is 1.28 bits per heavy atom. The van der Waals surface area contributed by atoms with Crippen LogP contribution < -0.4 is 10.1 Å². The van der Waals surface area contributed by atoms with Crippen LogP contribution in [0.15, 0.2) is 36.7 Å². The maximum atomic E-state index is 12.7. The Kier molecular flexibility index (Phi) is 5.48. The largest absolute Gasteiger partial charge is 0.495 e. The molecule has 1 amide bonds. The highest BCUT2D eigenvalue weighted by atomic mass is 16.5. The molecule has 1 aliphatic rings. The smallest absolute Gasteiger partial charge is 0.274 e. The molecule has 1 fully saturated rings. The van der Waals surface area contributed by atoms with Crippen molar-refractivity contribution in [2.24, 2.45) is 0 Å². The molecule has 0 radical (unpaired) electrons. The third-order valence-corrected chi connectivity index (χ3v) is 4.60. The van der Waals surface area contributed by atoms with E-state index >= 15 is 0 Å². The molecular weight excluding hydrogens is 316 g/mol. The summed E-state index contributed by atoms with van der Waals surface area (Å²) in [6.45, 7) is 2.93. The third kappa shape index (κ3) is 3.90. The molecule has 6 heteroatoms. The lowest BCUT2D eigenvalue weighted by atomic mass is 10.00. The number of hydrogen-bond donors (Lipinski definition) is 1. The van der Waals surface area contributed by atoms with E-state index in [2.05, 4.69) is 22.2 Å². The van der Waals surface area contributed by atoms with Crippen molar-refractivity contribution in [3.8, 4) is 5.75 Å². The lowest BCUT2D eigenvalue weighted by Crippen LogP contribution is -2.43. The van der Waals surface area contributed by atoms with Crippen LogP contribution in [0.2, 0.25) is 0 Å². The number of benzene rings is 1. The van der Waals surface area contributed by atoms with Gasteiger partial charge in [0.15, 0.2) is 0 Å². The number of methoxy groups -OCH3 is 1. The molecule has 0 aliphatic carbocycles. The number of rotatable bonds is 5. The van der Waals surface area contributed by atoms with Gasteiger partial charge in [0.05, 0.1) is 25.2 Å². The minimum atomic E-state index is -0.0251. The van der Waals surface area contributed by atoms with Crippen LogP contribution in [0, 0.1) is 0 Å². The maximum absolute atomic E-state index is 12.7. The van der Waals surface area contributed by atoms with E-state index in [9.17, 15) is 4.79 Å². The molecule has 0 saturated carbocycles. The number of likely N-dealkylation sites (tertiary alicyclic amines) is 1. The fourth-order valence-electron chi connectivity index (χ4n) is 3.23. The van der Waals surface area contributed by atoms with Crippen molar-refractivity contribution < 1.29 is 9.53 Å². The number of ether oxygens (including phenoxy) is 1. The minimum Gasteiger partial charge on any atom is -0.495 e. The number of aromatic nitrogens is 2. The van der Waals surface area contributed by atoms with Crippen LogP contribution in [-0.2, 0) is 0 Å². The normalized spacial score (nSPS) is 17.2. The average Bonchev–Trinajstić information content (AvgIpc) is 2.68. The summed E-state index contributed by atoms with van der Waals surface area (Å²) >= 11 is 0. The standard InChI is InChI=1S/C19H24N4O2/c1-3-14-8-6-7-11-23(14)19(24)16-12-21-18(13-20-16)22-15-9-4-5-10-17(15)25-2/h4-5,9-10,12-14H,3,6-8,11H2,1-2H3,(H,21,22). The summed E-state index contributed by atoms with van der Waals surface area (Å²) in [5, 5.41) is 3.17. The Morgan fingerprint density at radius 2 is 2.12 bits per heavy atom. The first-order valence-electron chi connectivity index (χ1n) is 8.76. The average molecular weight is 340 g/mol. The number of piperidine rings is 1. The summed E-state index contributed by atoms with van der Waals surface area (Å²) in [4.78, 5) is 23.3. The maximum Gasteiger partial charge on any atom is 0.274 e. The highest BCUT2D eigenvalue weighted by Crippen LogP contribution is 2.26. The van der Waals surface area contributed by atoms with E-state index in [1.165, 1.54) is 6.42 Å². The molecule has 3 rings (SSSR count). The Bertz CT molecular complexity index is 718. The van der Waals surface area contributed by atoms with Gasteiger partial charge in [-0.25, -0.2) is 9.97 Å². The van der Waals surface area contributed by atoms with E-state index < -0.39 is 0 Å². The zero-order valence-corrected chi connectivity index (χ0v) is 14.7. The second kappa shape index (κ2) is 7.96. The third-order valence-electron chi connectivity index (χ3n) is 4.60. The Morgan fingerprint density at radius 3 is 2.84 bits per heavy atom. The Hall–Kier alpha value is -2.63. The highest BCUT2D eigenvalue weighted by molar-refractivity contribution is 5.92. The van der Waals surface area contributed by atoms with E-state index in [4.69, 9.17) is 4.74 Å². The van der Waals surface area contributed by atoms with Crippen molar-refractivity contribution in [2.45, 2.75) is 38.6 Å². The van der Waals surface area contributed by atoms with Gasteiger partial charge in [0.2, 0.25) is 0 Å². The molecule has 1 aromatic heterocycles. The van der Waals surface area contributed by atoms with Crippen molar-refractivity contribution in [3.05, 3.63) is 42.4 Å². The molecule has 1 saturated heterocycles. The molecular formula is C19H24N4O2. The minimum absolute atomic E-state index is 0.0251. The lowest BCUT2D eigenvalue weighted by Gasteiger charge is -2.34. The van der Waals surface area contributed by atoms with E-state index in [-0.39, 0.29) is 5.91 Å². The molecule has 1 aliphatic heterocycles. The van der Waals surface area contributed by atoms with Crippen LogP contribution >= 0.6 is 0 Å². The molecule has 1 unspecified atom stereocenters. The molecule has 1 N–H and O–H groups in total. The quantitative estimate of drug-likeness (QED) is 0.900. The van der Waals surface area contributed by atoms with Crippen LogP contribution in [0.25, 0.3) is 0 Å². The second-order valence-corrected chi connectivity index (χ2v) is 6.17. The van der Waals surface area contributed by atoms with Gasteiger partial charge in [-0.2, -0.15) is 0 Å². The van der Waals surface area contributed by atoms with Crippen molar-refractivity contribution in [3.63, 3.8) is 0 Å². The number of para-hydroxylation sites is 2. The molecule has 132 valence electrons. The Balaban J connectivity index is 1.72. The van der Waals surface area contributed by atoms with Gasteiger partial charge in [0.1, 0.15) is 17.3 Å². The molecule has 6 nitrogen and oxygen atoms in total. The van der Waals surface area contributed by atoms with E-state index in [0.29, 0.717) is 17.6 Å². The summed E-state index contributed by atoms with van der Waals surface area (Å²) in [5.74, 6) is 1.28. The number of nitrogens with zero attached hydrogens (tertiary/aromatic N) is 3. The molecule has 25 heavy (non-hydrogen) atoms. The summed E-state index contributed by atoms with van der Waals surface area (Å²) in [5.41, 5.74) is 1.20. The summed E-state index contributed by atoms with van der Waals surface area (Å²) in [6.07, 6.45) is 7.43. The number of carbonyl (C=O) groups excluding carboxylic acids is 1. The molecule has 1 atom stereocenters. The van der Waals surface area contributed by atoms with Crippen molar-refractivity contribution in [1.29, 1.82) is 0 Å². The van der Waals surface area contributed by atoms with Gasteiger partial charge in [0, 0.05) is 12.6 Å². The van der Waals surface area contributed by atoms with Crippen LogP contribution in [0.4, 0.5) is 11.5 Å². The predicted octanol–water partition coefficient (Wildman–Crippen LogP) is 3.63. The summed E-state index contributed by atoms with van der Waals surface area (Å²) < 4.78 is 5.31. The van der Waals surface area contributed by atoms with Gasteiger partial charge in [0.25, 0.3) is 5.91 Å². The van der Waals surface area contributed by atoms with Gasteiger partial charge >= 0.3 is 0 Å². The van der Waals surface area contributed by atoms with E-state index in [0.717, 1.165) is 37.2 Å². The van der Waals surface area contributed by atoms with E-state index in [1.807, 2.05) is 29.2 Å². The number of nitrogens with one attached hydrogen (secondary N) is 1. The van der Waals surface area contributed by atoms with E-state index in [1.54, 1.807) is 19.5 Å². The number of carbonyl (C=O) groups is 1. The first-order chi connectivity index (χ1) is 12.2. The van der Waals surface area contributed by atoms with Crippen molar-refractivity contribution in [1.82, 2.24) is 14.9 Å². The number of anilines is 2. The zero-order chi connectivity index (χ0) is 17.6. The van der Waals surface area contributed by atoms with Gasteiger partial charge in [-0.1, -0.05) is 19.1 Å². The summed E-state index contributed by atoms with van der Waals surface area (Å²) in [7, 11) is 1.62. The topological polar surface area (TPSA) is 67.4 Å². The zero-order valence-electron chi connectivity index (χ0n) is 14.7. The van der Waals surface area contributed by atoms with Crippen LogP contribution in [0.5, 0.6) is 5.75 Å². The molecule has 2 heterocycles. The van der Waals surface area contributed by atoms with Gasteiger partial charge < -0.3 is 15.0 Å². The highest BCUT2D eigenvalue weighted by Gasteiger charge is 2.27. The van der Waals surface area contributed by atoms with Gasteiger partial charge in [-0.05, 0) is 37.8 Å². The van der Waals surface area contributed by atoms with Gasteiger partial charge in [-0.3, -0.25) is 4.79 Å². The van der Waals surface area contributed by atoms with Crippen molar-refractivity contribution in [2.75, 3.05) is 19.0 Å². The summed E-state index contributed by atoms with van der Waals surface area (Å²) in [6, 6.07) is 7.90. The molecule has 0 spiro atoms. The lowest BCUT2D eigenvalue weighted by molar-refractivity contribution is 0.0601. The van der Waals surface area contributed by atoms with Crippen LogP contribution in [-0.4, -0.2) is 40.5 Å². The number of amides is 1. The monoisotopic (exact) mass is 340 g/mol. The van der Waals surface area contributed by atoms with Crippen LogP contribution in [0.3, 0.4) is 0 Å². The predicted molar refractivity (Wildman–Crippen MR) is 97.3 cm³/mol. The fraction of sp³-hybridized carbons (Fsp3) is 0.421. The second-order valence-electron chi connectivity index (χ2n) is 6.17. The molecule has 0 bridgehead atoms. The van der Waals surface area contributed by atoms with Crippen molar-refractivity contribution >= 4 is 17.4 Å². The Labute approximate surface area is 148 Å². The SMILES string of the molecule is CCC1CCCCN1C(=O)c1cnc(Nc2ccccc2OC)cn1. The molecule has 1 aromatic carbocycles. The number of hydrogen-bond acceptors (Lipinski definition) is 5. The first kappa shape index (κ1) is 17.2.